The Hall–Kier alpha value is -0.800. The van der Waals surface area contributed by atoms with Gasteiger partial charge in [0.1, 0.15) is 11.5 Å². The van der Waals surface area contributed by atoms with E-state index >= 15 is 0 Å². The lowest BCUT2D eigenvalue weighted by atomic mass is 10.0. The van der Waals surface area contributed by atoms with Gasteiger partial charge in [-0.15, -0.1) is 0 Å². The number of nitrogens with zero attached hydrogens (tertiary/aromatic N) is 1. The van der Waals surface area contributed by atoms with Gasteiger partial charge in [0, 0.05) is 6.04 Å². The molecule has 1 heterocycles. The summed E-state index contributed by atoms with van der Waals surface area (Å²) in [5.41, 5.74) is 6.32. The molecule has 0 saturated heterocycles. The molecule has 0 bridgehead atoms. The van der Waals surface area contributed by atoms with Crippen LogP contribution in [0.5, 0.6) is 0 Å². The molecule has 0 spiro atoms. The fourth-order valence-corrected chi connectivity index (χ4v) is 2.46. The maximum Gasteiger partial charge on any atom is 0.122 e. The minimum Gasteiger partial charge on any atom is -0.465 e. The molecule has 2 unspecified atom stereocenters. The quantitative estimate of drug-likeness (QED) is 0.770. The van der Waals surface area contributed by atoms with E-state index in [-0.39, 0.29) is 12.1 Å². The van der Waals surface area contributed by atoms with Crippen LogP contribution in [-0.4, -0.2) is 24.0 Å². The molecule has 2 N–H and O–H groups in total. The highest BCUT2D eigenvalue weighted by atomic mass is 16.3. The van der Waals surface area contributed by atoms with Crippen molar-refractivity contribution in [2.24, 2.45) is 5.73 Å². The van der Waals surface area contributed by atoms with E-state index in [0.29, 0.717) is 0 Å². The normalized spacial score (nSPS) is 15.0. The molecule has 0 aliphatic heterocycles. The van der Waals surface area contributed by atoms with Crippen LogP contribution in [0.15, 0.2) is 16.5 Å². The molecule has 2 atom stereocenters. The predicted molar refractivity (Wildman–Crippen MR) is 76.6 cm³/mol. The van der Waals surface area contributed by atoms with Crippen molar-refractivity contribution in [2.75, 3.05) is 13.1 Å². The standard InChI is InChI=1S/C15H28N2O/c1-5-10-17(11-6-2)15(13(16)7-3)14-9-8-12(4)18-14/h8-9,13,15H,5-7,10-11,16H2,1-4H3. The number of furan rings is 1. The van der Waals surface area contributed by atoms with Crippen LogP contribution < -0.4 is 5.73 Å². The Morgan fingerprint density at radius 1 is 1.17 bits per heavy atom. The molecule has 1 aromatic heterocycles. The van der Waals surface area contributed by atoms with E-state index in [9.17, 15) is 0 Å². The highest BCUT2D eigenvalue weighted by Crippen LogP contribution is 2.27. The summed E-state index contributed by atoms with van der Waals surface area (Å²) in [6.07, 6.45) is 3.26. The molecule has 0 aliphatic carbocycles. The van der Waals surface area contributed by atoms with Gasteiger partial charge < -0.3 is 10.2 Å². The van der Waals surface area contributed by atoms with Crippen LogP contribution in [0, 0.1) is 6.92 Å². The molecule has 0 fully saturated rings. The Morgan fingerprint density at radius 2 is 1.78 bits per heavy atom. The first-order chi connectivity index (χ1) is 8.63. The predicted octanol–water partition coefficient (Wildman–Crippen LogP) is 3.49. The van der Waals surface area contributed by atoms with E-state index in [1.807, 2.05) is 13.0 Å². The molecule has 18 heavy (non-hydrogen) atoms. The van der Waals surface area contributed by atoms with E-state index in [2.05, 4.69) is 31.7 Å². The molecule has 104 valence electrons. The smallest absolute Gasteiger partial charge is 0.122 e. The molecule has 0 saturated carbocycles. The fourth-order valence-electron chi connectivity index (χ4n) is 2.46. The topological polar surface area (TPSA) is 42.4 Å². The Balaban J connectivity index is 2.94. The first kappa shape index (κ1) is 15.3. The van der Waals surface area contributed by atoms with E-state index in [4.69, 9.17) is 10.2 Å². The summed E-state index contributed by atoms with van der Waals surface area (Å²) in [5.74, 6) is 1.98. The molecule has 0 radical (unpaired) electrons. The van der Waals surface area contributed by atoms with Crippen LogP contribution in [0.4, 0.5) is 0 Å². The highest BCUT2D eigenvalue weighted by molar-refractivity contribution is 5.12. The lowest BCUT2D eigenvalue weighted by Crippen LogP contribution is -2.41. The van der Waals surface area contributed by atoms with Crippen molar-refractivity contribution in [3.63, 3.8) is 0 Å². The second kappa shape index (κ2) is 7.59. The van der Waals surface area contributed by atoms with Gasteiger partial charge in [-0.25, -0.2) is 0 Å². The van der Waals surface area contributed by atoms with Gasteiger partial charge in [-0.1, -0.05) is 20.8 Å². The van der Waals surface area contributed by atoms with Crippen molar-refractivity contribution in [3.8, 4) is 0 Å². The summed E-state index contributed by atoms with van der Waals surface area (Å²) < 4.78 is 5.82. The monoisotopic (exact) mass is 252 g/mol. The lowest BCUT2D eigenvalue weighted by molar-refractivity contribution is 0.147. The first-order valence-electron chi connectivity index (χ1n) is 7.19. The van der Waals surface area contributed by atoms with E-state index in [1.54, 1.807) is 0 Å². The molecule has 0 aliphatic rings. The van der Waals surface area contributed by atoms with Gasteiger partial charge in [0.25, 0.3) is 0 Å². The van der Waals surface area contributed by atoms with E-state index in [1.165, 1.54) is 0 Å². The maximum atomic E-state index is 6.32. The highest BCUT2D eigenvalue weighted by Gasteiger charge is 2.27. The lowest BCUT2D eigenvalue weighted by Gasteiger charge is -2.33. The summed E-state index contributed by atoms with van der Waals surface area (Å²) in [6.45, 7) is 10.7. The van der Waals surface area contributed by atoms with Crippen LogP contribution in [0.2, 0.25) is 0 Å². The molecule has 3 heteroatoms. The number of hydrogen-bond donors (Lipinski definition) is 1. The molecule has 3 nitrogen and oxygen atoms in total. The second-order valence-electron chi connectivity index (χ2n) is 5.00. The number of hydrogen-bond acceptors (Lipinski definition) is 3. The van der Waals surface area contributed by atoms with Gasteiger partial charge in [-0.3, -0.25) is 4.90 Å². The molecule has 1 aromatic rings. The minimum absolute atomic E-state index is 0.133. The van der Waals surface area contributed by atoms with Crippen molar-refractivity contribution in [3.05, 3.63) is 23.7 Å². The van der Waals surface area contributed by atoms with Crippen molar-refractivity contribution in [1.29, 1.82) is 0 Å². The number of rotatable bonds is 8. The van der Waals surface area contributed by atoms with Crippen molar-refractivity contribution < 1.29 is 4.42 Å². The van der Waals surface area contributed by atoms with Crippen LogP contribution in [0.25, 0.3) is 0 Å². The Labute approximate surface area is 111 Å². The van der Waals surface area contributed by atoms with Gasteiger partial charge in [0.15, 0.2) is 0 Å². The zero-order chi connectivity index (χ0) is 13.5. The molecule has 0 amide bonds. The fraction of sp³-hybridized carbons (Fsp3) is 0.733. The van der Waals surface area contributed by atoms with Crippen LogP contribution in [0.1, 0.15) is 57.6 Å². The summed E-state index contributed by atoms with van der Waals surface area (Å²) >= 11 is 0. The maximum absolute atomic E-state index is 6.32. The Morgan fingerprint density at radius 3 is 2.17 bits per heavy atom. The van der Waals surface area contributed by atoms with Crippen molar-refractivity contribution >= 4 is 0 Å². The van der Waals surface area contributed by atoms with Gasteiger partial charge in [-0.05, 0) is 51.4 Å². The van der Waals surface area contributed by atoms with Gasteiger partial charge in [-0.2, -0.15) is 0 Å². The van der Waals surface area contributed by atoms with Gasteiger partial charge in [0.05, 0.1) is 6.04 Å². The summed E-state index contributed by atoms with van der Waals surface area (Å²) in [6, 6.07) is 4.45. The van der Waals surface area contributed by atoms with Crippen molar-refractivity contribution in [1.82, 2.24) is 4.90 Å². The molecule has 1 rings (SSSR count). The van der Waals surface area contributed by atoms with Gasteiger partial charge in [0.2, 0.25) is 0 Å². The third kappa shape index (κ3) is 3.85. The third-order valence-electron chi connectivity index (χ3n) is 3.34. The SMILES string of the molecule is CCCN(CCC)C(c1ccc(C)o1)C(N)CC. The summed E-state index contributed by atoms with van der Waals surface area (Å²) in [7, 11) is 0. The number of aryl methyl sites for hydroxylation is 1. The largest absolute Gasteiger partial charge is 0.465 e. The summed E-state index contributed by atoms with van der Waals surface area (Å²) in [4.78, 5) is 2.46. The Kier molecular flexibility index (Phi) is 6.44. The third-order valence-corrected chi connectivity index (χ3v) is 3.34. The van der Waals surface area contributed by atoms with E-state index in [0.717, 1.165) is 43.9 Å². The zero-order valence-corrected chi connectivity index (χ0v) is 12.3. The zero-order valence-electron chi connectivity index (χ0n) is 12.3. The van der Waals surface area contributed by atoms with Gasteiger partial charge >= 0.3 is 0 Å². The minimum atomic E-state index is 0.133. The van der Waals surface area contributed by atoms with E-state index < -0.39 is 0 Å². The molecular formula is C15H28N2O. The average molecular weight is 252 g/mol. The first-order valence-corrected chi connectivity index (χ1v) is 7.19. The van der Waals surface area contributed by atoms with Crippen LogP contribution >= 0.6 is 0 Å². The molecule has 0 aromatic carbocycles. The molecular weight excluding hydrogens is 224 g/mol. The average Bonchev–Trinajstić information content (AvgIpc) is 2.76. The summed E-state index contributed by atoms with van der Waals surface area (Å²) in [5, 5.41) is 0. The van der Waals surface area contributed by atoms with Crippen LogP contribution in [-0.2, 0) is 0 Å². The van der Waals surface area contributed by atoms with Crippen molar-refractivity contribution in [2.45, 2.75) is 59.0 Å². The number of nitrogens with two attached hydrogens (primary N) is 1. The Bertz CT molecular complexity index is 329. The second-order valence-corrected chi connectivity index (χ2v) is 5.00. The van der Waals surface area contributed by atoms with Crippen LogP contribution in [0.3, 0.4) is 0 Å².